The molecule has 1 heterocycles. The van der Waals surface area contributed by atoms with Gasteiger partial charge in [0, 0.05) is 7.05 Å². The predicted molar refractivity (Wildman–Crippen MR) is 116 cm³/mol. The van der Waals surface area contributed by atoms with E-state index in [2.05, 4.69) is 5.32 Å². The molecule has 0 atom stereocenters. The maximum atomic E-state index is 12.1. The molecule has 1 fully saturated rings. The average molecular weight is 413 g/mol. The predicted octanol–water partition coefficient (Wildman–Crippen LogP) is 3.75. The topological polar surface area (TPSA) is 60.0 Å². The number of ether oxygens (including phenoxy) is 3. The molecule has 7 heteroatoms. The number of carbonyl (C=O) groups excluding carboxylic acids is 1. The van der Waals surface area contributed by atoms with E-state index in [-0.39, 0.29) is 5.91 Å². The molecule has 1 aliphatic heterocycles. The fourth-order valence-corrected chi connectivity index (χ4v) is 3.03. The van der Waals surface area contributed by atoms with Crippen molar-refractivity contribution in [1.82, 2.24) is 10.2 Å². The van der Waals surface area contributed by atoms with Crippen LogP contribution < -0.4 is 19.5 Å². The van der Waals surface area contributed by atoms with Gasteiger partial charge in [-0.2, -0.15) is 0 Å². The Morgan fingerprint density at radius 1 is 1.03 bits per heavy atom. The smallest absolute Gasteiger partial charge is 0.276 e. The van der Waals surface area contributed by atoms with Crippen molar-refractivity contribution in [3.8, 4) is 17.2 Å². The summed E-state index contributed by atoms with van der Waals surface area (Å²) in [5, 5.41) is 3.31. The minimum atomic E-state index is -0.154. The molecule has 0 radical (unpaired) electrons. The van der Waals surface area contributed by atoms with Crippen LogP contribution in [0, 0.1) is 0 Å². The largest absolute Gasteiger partial charge is 0.490 e. The van der Waals surface area contributed by atoms with Crippen LogP contribution in [0.25, 0.3) is 6.08 Å². The molecule has 0 spiro atoms. The van der Waals surface area contributed by atoms with E-state index in [9.17, 15) is 4.79 Å². The fourth-order valence-electron chi connectivity index (χ4n) is 2.84. The number of rotatable bonds is 8. The van der Waals surface area contributed by atoms with Crippen molar-refractivity contribution in [3.63, 3.8) is 0 Å². The van der Waals surface area contributed by atoms with Crippen molar-refractivity contribution < 1.29 is 19.0 Å². The monoisotopic (exact) mass is 412 g/mol. The second-order valence-corrected chi connectivity index (χ2v) is 6.75. The molecule has 1 aliphatic rings. The van der Waals surface area contributed by atoms with Gasteiger partial charge in [0.25, 0.3) is 5.91 Å². The van der Waals surface area contributed by atoms with Crippen molar-refractivity contribution in [2.75, 3.05) is 20.3 Å². The van der Waals surface area contributed by atoms with E-state index in [4.69, 9.17) is 26.4 Å². The van der Waals surface area contributed by atoms with E-state index in [0.717, 1.165) is 16.9 Å². The van der Waals surface area contributed by atoms with E-state index in [1.54, 1.807) is 13.1 Å². The van der Waals surface area contributed by atoms with Crippen LogP contribution in [0.15, 0.2) is 48.2 Å². The maximum Gasteiger partial charge on any atom is 0.276 e. The third-order valence-electron chi connectivity index (χ3n) is 4.26. The Balaban J connectivity index is 1.70. The van der Waals surface area contributed by atoms with Crippen LogP contribution >= 0.6 is 12.2 Å². The molecular formula is C22H24N2O4S. The fraction of sp³-hybridized carbons (Fsp3) is 0.273. The Kier molecular flexibility index (Phi) is 6.72. The van der Waals surface area contributed by atoms with Gasteiger partial charge >= 0.3 is 0 Å². The van der Waals surface area contributed by atoms with Gasteiger partial charge in [0.15, 0.2) is 16.6 Å². The van der Waals surface area contributed by atoms with Crippen molar-refractivity contribution in [2.45, 2.75) is 20.5 Å². The summed E-state index contributed by atoms with van der Waals surface area (Å²) in [6.07, 6.45) is 1.76. The molecule has 0 aromatic heterocycles. The number of nitrogens with zero attached hydrogens (tertiary/aromatic N) is 1. The van der Waals surface area contributed by atoms with Gasteiger partial charge in [-0.05, 0) is 67.5 Å². The van der Waals surface area contributed by atoms with E-state index in [0.29, 0.717) is 42.1 Å². The van der Waals surface area contributed by atoms with Crippen molar-refractivity contribution >= 4 is 29.3 Å². The number of likely N-dealkylation sites (N-methyl/N-ethyl adjacent to an activating group) is 1. The molecule has 1 saturated heterocycles. The molecule has 0 unspecified atom stereocenters. The molecular weight excluding hydrogens is 388 g/mol. The van der Waals surface area contributed by atoms with E-state index < -0.39 is 0 Å². The lowest BCUT2D eigenvalue weighted by Crippen LogP contribution is -2.25. The highest BCUT2D eigenvalue weighted by Gasteiger charge is 2.26. The van der Waals surface area contributed by atoms with Crippen LogP contribution in [0.4, 0.5) is 0 Å². The summed E-state index contributed by atoms with van der Waals surface area (Å²) in [6.45, 7) is 5.40. The van der Waals surface area contributed by atoms with E-state index in [1.165, 1.54) is 4.90 Å². The molecule has 0 aliphatic carbocycles. The lowest BCUT2D eigenvalue weighted by molar-refractivity contribution is -0.121. The standard InChI is InChI=1S/C22H24N2O4S/c1-4-26-19-10-9-16(13-20(19)27-5-2)14-28-17-8-6-7-15(11-17)12-18-21(25)24(3)22(29)23-18/h6-13H,4-5,14H2,1-3H3,(H,23,29)/b18-12+. The average Bonchev–Trinajstić information content (AvgIpc) is 2.95. The molecule has 152 valence electrons. The van der Waals surface area contributed by atoms with Crippen LogP contribution in [0.1, 0.15) is 25.0 Å². The first kappa shape index (κ1) is 20.7. The second-order valence-electron chi connectivity index (χ2n) is 6.36. The van der Waals surface area contributed by atoms with Crippen LogP contribution in [0.3, 0.4) is 0 Å². The quantitative estimate of drug-likeness (QED) is 0.526. The van der Waals surface area contributed by atoms with Gasteiger partial charge < -0.3 is 19.5 Å². The van der Waals surface area contributed by atoms with Crippen molar-refractivity contribution in [2.24, 2.45) is 0 Å². The minimum absolute atomic E-state index is 0.154. The van der Waals surface area contributed by atoms with Crippen molar-refractivity contribution in [3.05, 3.63) is 59.3 Å². The number of nitrogens with one attached hydrogen (secondary N) is 1. The SMILES string of the molecule is CCOc1ccc(COc2cccc(/C=C3/NC(=S)N(C)C3=O)c2)cc1OCC. The van der Waals surface area contributed by atoms with Gasteiger partial charge in [0.2, 0.25) is 0 Å². The lowest BCUT2D eigenvalue weighted by Gasteiger charge is -2.13. The zero-order valence-electron chi connectivity index (χ0n) is 16.7. The number of hydrogen-bond acceptors (Lipinski definition) is 5. The normalized spacial score (nSPS) is 14.9. The van der Waals surface area contributed by atoms with Gasteiger partial charge in [0.05, 0.1) is 13.2 Å². The zero-order valence-corrected chi connectivity index (χ0v) is 17.5. The molecule has 2 aromatic rings. The number of carbonyl (C=O) groups is 1. The third kappa shape index (κ3) is 5.06. The minimum Gasteiger partial charge on any atom is -0.490 e. The van der Waals surface area contributed by atoms with E-state index >= 15 is 0 Å². The van der Waals surface area contributed by atoms with Gasteiger partial charge in [-0.1, -0.05) is 18.2 Å². The van der Waals surface area contributed by atoms with Crippen molar-refractivity contribution in [1.29, 1.82) is 0 Å². The highest BCUT2D eigenvalue weighted by molar-refractivity contribution is 7.80. The molecule has 1 amide bonds. The summed E-state index contributed by atoms with van der Waals surface area (Å²) < 4.78 is 17.2. The molecule has 2 aromatic carbocycles. The zero-order chi connectivity index (χ0) is 20.8. The van der Waals surface area contributed by atoms with Crippen LogP contribution in [-0.2, 0) is 11.4 Å². The van der Waals surface area contributed by atoms with Gasteiger partial charge in [0.1, 0.15) is 18.1 Å². The molecule has 6 nitrogen and oxygen atoms in total. The Morgan fingerprint density at radius 2 is 1.79 bits per heavy atom. The number of hydrogen-bond donors (Lipinski definition) is 1. The summed E-state index contributed by atoms with van der Waals surface area (Å²) >= 11 is 5.10. The Bertz CT molecular complexity index is 942. The van der Waals surface area contributed by atoms with E-state index in [1.807, 2.05) is 56.3 Å². The summed E-state index contributed by atoms with van der Waals surface area (Å²) in [5.41, 5.74) is 2.26. The second kappa shape index (κ2) is 9.43. The summed E-state index contributed by atoms with van der Waals surface area (Å²) in [5.74, 6) is 1.98. The molecule has 29 heavy (non-hydrogen) atoms. The molecule has 0 saturated carbocycles. The summed E-state index contributed by atoms with van der Waals surface area (Å²) in [7, 11) is 1.64. The first-order chi connectivity index (χ1) is 14.0. The van der Waals surface area contributed by atoms with Crippen LogP contribution in [0.5, 0.6) is 17.2 Å². The van der Waals surface area contributed by atoms with Gasteiger partial charge in [-0.3, -0.25) is 9.69 Å². The molecule has 1 N–H and O–H groups in total. The molecule has 0 bridgehead atoms. The first-order valence-electron chi connectivity index (χ1n) is 9.44. The highest BCUT2D eigenvalue weighted by atomic mass is 32.1. The molecule has 3 rings (SSSR count). The van der Waals surface area contributed by atoms with Crippen LogP contribution in [-0.4, -0.2) is 36.2 Å². The summed E-state index contributed by atoms with van der Waals surface area (Å²) in [4.78, 5) is 13.5. The maximum absolute atomic E-state index is 12.1. The Hall–Kier alpha value is -3.06. The highest BCUT2D eigenvalue weighted by Crippen LogP contribution is 2.29. The Morgan fingerprint density at radius 3 is 2.48 bits per heavy atom. The van der Waals surface area contributed by atoms with Crippen LogP contribution in [0.2, 0.25) is 0 Å². The summed E-state index contributed by atoms with van der Waals surface area (Å²) in [6, 6.07) is 13.3. The first-order valence-corrected chi connectivity index (χ1v) is 9.84. The number of benzene rings is 2. The lowest BCUT2D eigenvalue weighted by atomic mass is 10.1. The van der Waals surface area contributed by atoms with Gasteiger partial charge in [-0.15, -0.1) is 0 Å². The number of thiocarbonyl (C=S) groups is 1. The number of amides is 1. The van der Waals surface area contributed by atoms with Gasteiger partial charge in [-0.25, -0.2) is 0 Å². The third-order valence-corrected chi connectivity index (χ3v) is 4.64. The Labute approximate surface area is 176 Å².